The molecule has 0 saturated carbocycles. The zero-order valence-electron chi connectivity index (χ0n) is 16.4. The van der Waals surface area contributed by atoms with Crippen molar-refractivity contribution in [3.63, 3.8) is 0 Å². The topological polar surface area (TPSA) is 75.7 Å². The molecule has 0 aliphatic heterocycles. The van der Waals surface area contributed by atoms with E-state index in [0.29, 0.717) is 22.0 Å². The number of carbonyl (C=O) groups excluding carboxylic acids is 1. The number of benzene rings is 2. The predicted molar refractivity (Wildman–Crippen MR) is 113 cm³/mol. The van der Waals surface area contributed by atoms with Crippen molar-refractivity contribution in [2.75, 3.05) is 23.7 Å². The van der Waals surface area contributed by atoms with E-state index in [1.54, 1.807) is 26.0 Å². The summed E-state index contributed by atoms with van der Waals surface area (Å²) in [6, 6.07) is 12.2. The number of aryl methyl sites for hydroxylation is 2. The number of nitrogens with zero attached hydrogens (tertiary/aromatic N) is 1. The highest BCUT2D eigenvalue weighted by atomic mass is 35.5. The van der Waals surface area contributed by atoms with E-state index >= 15 is 0 Å². The summed E-state index contributed by atoms with van der Waals surface area (Å²) in [6.45, 7) is 5.47. The molecule has 2 aromatic carbocycles. The fourth-order valence-electron chi connectivity index (χ4n) is 2.58. The second kappa shape index (κ2) is 9.30. The molecule has 1 atom stereocenters. The Morgan fingerprint density at radius 2 is 1.82 bits per heavy atom. The molecule has 0 aliphatic carbocycles. The molecule has 0 bridgehead atoms. The van der Waals surface area contributed by atoms with Gasteiger partial charge in [0.1, 0.15) is 18.9 Å². The normalized spacial score (nSPS) is 12.3. The quantitative estimate of drug-likeness (QED) is 0.705. The zero-order chi connectivity index (χ0) is 20.9. The third-order valence-corrected chi connectivity index (χ3v) is 5.42. The highest BCUT2D eigenvalue weighted by Gasteiger charge is 2.23. The second-order valence-electron chi connectivity index (χ2n) is 6.79. The summed E-state index contributed by atoms with van der Waals surface area (Å²) in [6.07, 6.45) is 1.06. The van der Waals surface area contributed by atoms with Crippen molar-refractivity contribution in [3.05, 3.63) is 58.6 Å². The van der Waals surface area contributed by atoms with Crippen LogP contribution in [0.25, 0.3) is 0 Å². The molecule has 28 heavy (non-hydrogen) atoms. The summed E-state index contributed by atoms with van der Waals surface area (Å²) in [5.41, 5.74) is 2.22. The van der Waals surface area contributed by atoms with E-state index in [2.05, 4.69) is 5.32 Å². The van der Waals surface area contributed by atoms with Crippen molar-refractivity contribution in [2.24, 2.45) is 0 Å². The van der Waals surface area contributed by atoms with E-state index in [4.69, 9.17) is 16.3 Å². The van der Waals surface area contributed by atoms with Gasteiger partial charge < -0.3 is 10.1 Å². The molecular formula is C20H25ClN2O4S. The monoisotopic (exact) mass is 424 g/mol. The number of carbonyl (C=O) groups is 1. The maximum absolute atomic E-state index is 12.4. The lowest BCUT2D eigenvalue weighted by Crippen LogP contribution is -2.45. The molecule has 0 heterocycles. The number of amides is 1. The Morgan fingerprint density at radius 1 is 1.18 bits per heavy atom. The van der Waals surface area contributed by atoms with Gasteiger partial charge in [-0.1, -0.05) is 35.4 Å². The first kappa shape index (κ1) is 22.0. The summed E-state index contributed by atoms with van der Waals surface area (Å²) in [7, 11) is -3.66. The van der Waals surface area contributed by atoms with Gasteiger partial charge in [-0.2, -0.15) is 0 Å². The van der Waals surface area contributed by atoms with Crippen molar-refractivity contribution in [3.8, 4) is 5.75 Å². The number of sulfonamides is 1. The largest absolute Gasteiger partial charge is 0.491 e. The number of hydrogen-bond donors (Lipinski definition) is 1. The number of nitrogens with one attached hydrogen (secondary N) is 1. The lowest BCUT2D eigenvalue weighted by molar-refractivity contribution is -0.120. The number of rotatable bonds is 8. The van der Waals surface area contributed by atoms with Gasteiger partial charge in [-0.3, -0.25) is 9.10 Å². The molecule has 2 rings (SSSR count). The minimum Gasteiger partial charge on any atom is -0.491 e. The molecule has 0 spiro atoms. The van der Waals surface area contributed by atoms with Crippen molar-refractivity contribution in [1.82, 2.24) is 5.32 Å². The van der Waals surface area contributed by atoms with Gasteiger partial charge in [-0.15, -0.1) is 0 Å². The summed E-state index contributed by atoms with van der Waals surface area (Å²) in [4.78, 5) is 12.4. The summed E-state index contributed by atoms with van der Waals surface area (Å²) in [5, 5.41) is 3.16. The standard InChI is InChI=1S/C20H25ClN2O4S/c1-14-5-9-18(10-6-14)27-13-16(3)22-20(24)12-23(28(4,25)26)19-11-17(21)8-7-15(19)2/h5-11,16H,12-13H2,1-4H3,(H,22,24). The van der Waals surface area contributed by atoms with Crippen LogP contribution >= 0.6 is 11.6 Å². The summed E-state index contributed by atoms with van der Waals surface area (Å²) < 4.78 is 31.2. The zero-order valence-corrected chi connectivity index (χ0v) is 18.0. The predicted octanol–water partition coefficient (Wildman–Crippen LogP) is 3.31. The average Bonchev–Trinajstić information content (AvgIpc) is 2.60. The minimum atomic E-state index is -3.66. The van der Waals surface area contributed by atoms with Gasteiger partial charge in [0, 0.05) is 5.02 Å². The molecule has 6 nitrogen and oxygen atoms in total. The molecule has 0 aliphatic rings. The molecule has 1 amide bonds. The lowest BCUT2D eigenvalue weighted by Gasteiger charge is -2.25. The Balaban J connectivity index is 2.01. The van der Waals surface area contributed by atoms with Crippen LogP contribution in [0.3, 0.4) is 0 Å². The Morgan fingerprint density at radius 3 is 2.43 bits per heavy atom. The fraction of sp³-hybridized carbons (Fsp3) is 0.350. The van der Waals surface area contributed by atoms with E-state index in [9.17, 15) is 13.2 Å². The molecular weight excluding hydrogens is 400 g/mol. The first-order valence-corrected chi connectivity index (χ1v) is 11.0. The molecule has 2 aromatic rings. The van der Waals surface area contributed by atoms with Crippen LogP contribution in [-0.2, 0) is 14.8 Å². The van der Waals surface area contributed by atoms with E-state index in [1.165, 1.54) is 6.07 Å². The van der Waals surface area contributed by atoms with Crippen LogP contribution in [0.2, 0.25) is 5.02 Å². The molecule has 8 heteroatoms. The number of hydrogen-bond acceptors (Lipinski definition) is 4. The van der Waals surface area contributed by atoms with Crippen LogP contribution in [0, 0.1) is 13.8 Å². The van der Waals surface area contributed by atoms with Crippen LogP contribution in [-0.4, -0.2) is 39.8 Å². The maximum atomic E-state index is 12.4. The molecule has 1 unspecified atom stereocenters. The number of anilines is 1. The highest BCUT2D eigenvalue weighted by molar-refractivity contribution is 7.92. The van der Waals surface area contributed by atoms with Crippen molar-refractivity contribution < 1.29 is 17.9 Å². The van der Waals surface area contributed by atoms with Crippen LogP contribution in [0.5, 0.6) is 5.75 Å². The Kier molecular flexibility index (Phi) is 7.32. The van der Waals surface area contributed by atoms with Gasteiger partial charge in [0.25, 0.3) is 0 Å². The van der Waals surface area contributed by atoms with Gasteiger partial charge in [0.2, 0.25) is 15.9 Å². The summed E-state index contributed by atoms with van der Waals surface area (Å²) in [5.74, 6) is 0.281. The first-order chi connectivity index (χ1) is 13.1. The molecule has 0 radical (unpaired) electrons. The molecule has 0 aromatic heterocycles. The van der Waals surface area contributed by atoms with Gasteiger partial charge in [0.15, 0.2) is 0 Å². The van der Waals surface area contributed by atoms with Crippen LogP contribution in [0.15, 0.2) is 42.5 Å². The van der Waals surface area contributed by atoms with Gasteiger partial charge >= 0.3 is 0 Å². The molecule has 1 N–H and O–H groups in total. The van der Waals surface area contributed by atoms with E-state index in [-0.39, 0.29) is 19.2 Å². The number of halogens is 1. The van der Waals surface area contributed by atoms with Crippen LogP contribution < -0.4 is 14.4 Å². The summed E-state index contributed by atoms with van der Waals surface area (Å²) >= 11 is 6.00. The first-order valence-electron chi connectivity index (χ1n) is 8.79. The van der Waals surface area contributed by atoms with E-state index < -0.39 is 15.9 Å². The van der Waals surface area contributed by atoms with E-state index in [0.717, 1.165) is 16.1 Å². The Bertz CT molecular complexity index is 930. The highest BCUT2D eigenvalue weighted by Crippen LogP contribution is 2.26. The SMILES string of the molecule is Cc1ccc(OCC(C)NC(=O)CN(c2cc(Cl)ccc2C)S(C)(=O)=O)cc1. The van der Waals surface area contributed by atoms with E-state index in [1.807, 2.05) is 31.2 Å². The second-order valence-corrected chi connectivity index (χ2v) is 9.14. The third kappa shape index (κ3) is 6.42. The van der Waals surface area contributed by atoms with Crippen LogP contribution in [0.1, 0.15) is 18.1 Å². The van der Waals surface area contributed by atoms with Crippen LogP contribution in [0.4, 0.5) is 5.69 Å². The fourth-order valence-corrected chi connectivity index (χ4v) is 3.65. The lowest BCUT2D eigenvalue weighted by atomic mass is 10.2. The van der Waals surface area contributed by atoms with Crippen molar-refractivity contribution in [2.45, 2.75) is 26.8 Å². The van der Waals surface area contributed by atoms with Crippen molar-refractivity contribution in [1.29, 1.82) is 0 Å². The minimum absolute atomic E-state index is 0.268. The van der Waals surface area contributed by atoms with Crippen molar-refractivity contribution >= 4 is 33.2 Å². The maximum Gasteiger partial charge on any atom is 0.241 e. The molecule has 0 fully saturated rings. The van der Waals surface area contributed by atoms with Gasteiger partial charge in [0.05, 0.1) is 18.0 Å². The molecule has 0 saturated heterocycles. The Labute approximate surface area is 171 Å². The van der Waals surface area contributed by atoms with Gasteiger partial charge in [-0.25, -0.2) is 8.42 Å². The smallest absolute Gasteiger partial charge is 0.241 e. The Hall–Kier alpha value is -2.25. The molecule has 152 valence electrons. The number of ether oxygens (including phenoxy) is 1. The average molecular weight is 425 g/mol. The third-order valence-electron chi connectivity index (χ3n) is 4.06. The van der Waals surface area contributed by atoms with Gasteiger partial charge in [-0.05, 0) is 50.6 Å².